The number of esters is 1. The van der Waals surface area contributed by atoms with Crippen LogP contribution in [0.1, 0.15) is 75.7 Å². The van der Waals surface area contributed by atoms with Gasteiger partial charge in [-0.15, -0.1) is 22.7 Å². The monoisotopic (exact) mass is 457 g/mol. The molecule has 0 aromatic carbocycles. The van der Waals surface area contributed by atoms with Gasteiger partial charge in [-0.05, 0) is 63.1 Å². The number of aryl methyl sites for hydroxylation is 2. The molecule has 1 amide bonds. The van der Waals surface area contributed by atoms with E-state index in [0.29, 0.717) is 27.7 Å². The largest absolute Gasteiger partial charge is 0.462 e. The lowest BCUT2D eigenvalue weighted by atomic mass is 9.95. The van der Waals surface area contributed by atoms with Crippen molar-refractivity contribution >= 4 is 55.5 Å². The van der Waals surface area contributed by atoms with Crippen molar-refractivity contribution in [3.05, 3.63) is 38.7 Å². The molecular weight excluding hydrogens is 430 g/mol. The first kappa shape index (κ1) is 21.8. The third-order valence-corrected chi connectivity index (χ3v) is 7.84. The zero-order chi connectivity index (χ0) is 22.0. The number of hydrogen-bond donors (Lipinski definition) is 2. The molecule has 8 heteroatoms. The third kappa shape index (κ3) is 4.32. The number of carbonyl (C=O) groups is 2. The first-order valence-electron chi connectivity index (χ1n) is 10.8. The Morgan fingerprint density at radius 1 is 1.19 bits per heavy atom. The fourth-order valence-corrected chi connectivity index (χ4v) is 6.21. The summed E-state index contributed by atoms with van der Waals surface area (Å²) in [4.78, 5) is 32.9. The summed E-state index contributed by atoms with van der Waals surface area (Å²) in [6.45, 7) is 4.23. The van der Waals surface area contributed by atoms with Crippen LogP contribution >= 0.6 is 22.7 Å². The lowest BCUT2D eigenvalue weighted by Crippen LogP contribution is -2.15. The molecule has 164 valence electrons. The third-order valence-electron chi connectivity index (χ3n) is 5.52. The summed E-state index contributed by atoms with van der Waals surface area (Å²) in [5, 5.41) is 4.31. The fraction of sp³-hybridized carbons (Fsp3) is 0.435. The number of rotatable bonds is 7. The van der Waals surface area contributed by atoms with Crippen LogP contribution in [0.25, 0.3) is 10.2 Å². The molecule has 0 aliphatic heterocycles. The van der Waals surface area contributed by atoms with Crippen LogP contribution in [0.2, 0.25) is 0 Å². The molecule has 0 radical (unpaired) electrons. The topological polar surface area (TPSA) is 94.3 Å². The zero-order valence-electron chi connectivity index (χ0n) is 17.9. The Bertz CT molecular complexity index is 1130. The number of anilines is 2. The Labute approximate surface area is 189 Å². The molecule has 0 unspecified atom stereocenters. The number of nitrogens with zero attached hydrogens (tertiary/aromatic N) is 1. The molecule has 1 aliphatic carbocycles. The minimum Gasteiger partial charge on any atom is -0.462 e. The molecule has 0 spiro atoms. The molecular formula is C23H27N3O3S2. The van der Waals surface area contributed by atoms with Crippen molar-refractivity contribution in [2.75, 3.05) is 17.7 Å². The number of unbranched alkanes of at least 4 members (excludes halogenated alkanes) is 1. The lowest BCUT2D eigenvalue weighted by Gasteiger charge is -2.12. The standard InChI is InChI=1S/C23H27N3O3S2/c1-3-5-8-13-11-12-15-18(24)19(31-21(15)25-13)20(27)26-22-17(23(28)29-4-2)14-9-6-7-10-16(14)30-22/h11-12H,3-10,24H2,1-2H3,(H,26,27). The maximum atomic E-state index is 13.2. The molecule has 31 heavy (non-hydrogen) atoms. The summed E-state index contributed by atoms with van der Waals surface area (Å²) in [7, 11) is 0. The Morgan fingerprint density at radius 2 is 2.00 bits per heavy atom. The quantitative estimate of drug-likeness (QED) is 0.451. The molecule has 1 aliphatic rings. The Balaban J connectivity index is 1.65. The van der Waals surface area contributed by atoms with Gasteiger partial charge in [0, 0.05) is 16.0 Å². The number of thiophene rings is 2. The van der Waals surface area contributed by atoms with E-state index in [1.165, 1.54) is 22.7 Å². The van der Waals surface area contributed by atoms with Gasteiger partial charge in [0.1, 0.15) is 14.7 Å². The van der Waals surface area contributed by atoms with Crippen LogP contribution in [0.3, 0.4) is 0 Å². The number of hydrogen-bond acceptors (Lipinski definition) is 7. The van der Waals surface area contributed by atoms with Crippen LogP contribution in [0.4, 0.5) is 10.7 Å². The highest BCUT2D eigenvalue weighted by molar-refractivity contribution is 7.21. The molecule has 6 nitrogen and oxygen atoms in total. The predicted molar refractivity (Wildman–Crippen MR) is 128 cm³/mol. The van der Waals surface area contributed by atoms with Crippen LogP contribution < -0.4 is 11.1 Å². The first-order chi connectivity index (χ1) is 15.0. The molecule has 3 heterocycles. The second kappa shape index (κ2) is 9.36. The molecule has 0 atom stereocenters. The zero-order valence-corrected chi connectivity index (χ0v) is 19.5. The second-order valence-corrected chi connectivity index (χ2v) is 9.80. The fourth-order valence-electron chi connectivity index (χ4n) is 3.93. The number of nitrogens with one attached hydrogen (secondary N) is 1. The Morgan fingerprint density at radius 3 is 2.77 bits per heavy atom. The average Bonchev–Trinajstić information content (AvgIpc) is 3.29. The Kier molecular flexibility index (Phi) is 6.57. The predicted octanol–water partition coefficient (Wildman–Crippen LogP) is 5.59. The van der Waals surface area contributed by atoms with E-state index in [9.17, 15) is 9.59 Å². The van der Waals surface area contributed by atoms with Crippen molar-refractivity contribution in [2.45, 2.75) is 58.8 Å². The minimum atomic E-state index is -0.372. The number of pyridine rings is 1. The molecule has 3 N–H and O–H groups in total. The molecule has 0 saturated heterocycles. The maximum Gasteiger partial charge on any atom is 0.341 e. The van der Waals surface area contributed by atoms with Crippen molar-refractivity contribution in [3.8, 4) is 0 Å². The van der Waals surface area contributed by atoms with Gasteiger partial charge < -0.3 is 15.8 Å². The summed E-state index contributed by atoms with van der Waals surface area (Å²) in [5.41, 5.74) is 9.29. The van der Waals surface area contributed by atoms with Crippen molar-refractivity contribution in [1.82, 2.24) is 4.98 Å². The molecule has 0 fully saturated rings. The first-order valence-corrected chi connectivity index (χ1v) is 12.5. The van der Waals surface area contributed by atoms with E-state index in [2.05, 4.69) is 12.2 Å². The van der Waals surface area contributed by atoms with Crippen molar-refractivity contribution in [3.63, 3.8) is 0 Å². The van der Waals surface area contributed by atoms with Crippen LogP contribution in [0.15, 0.2) is 12.1 Å². The summed E-state index contributed by atoms with van der Waals surface area (Å²) in [6, 6.07) is 3.93. The van der Waals surface area contributed by atoms with E-state index in [0.717, 1.165) is 71.3 Å². The minimum absolute atomic E-state index is 0.298. The summed E-state index contributed by atoms with van der Waals surface area (Å²) < 4.78 is 5.28. The van der Waals surface area contributed by atoms with Gasteiger partial charge in [0.2, 0.25) is 0 Å². The highest BCUT2D eigenvalue weighted by Gasteiger charge is 2.28. The molecule has 3 aromatic rings. The number of ether oxygens (including phenoxy) is 1. The summed E-state index contributed by atoms with van der Waals surface area (Å²) >= 11 is 2.78. The van der Waals surface area contributed by atoms with Gasteiger partial charge >= 0.3 is 5.97 Å². The van der Waals surface area contributed by atoms with Gasteiger partial charge in [-0.25, -0.2) is 9.78 Å². The molecule has 0 saturated carbocycles. The smallest absolute Gasteiger partial charge is 0.341 e. The van der Waals surface area contributed by atoms with Crippen molar-refractivity contribution in [2.24, 2.45) is 0 Å². The van der Waals surface area contributed by atoms with Gasteiger partial charge in [-0.3, -0.25) is 4.79 Å². The van der Waals surface area contributed by atoms with Gasteiger partial charge in [0.25, 0.3) is 5.91 Å². The van der Waals surface area contributed by atoms with E-state index in [4.69, 9.17) is 15.5 Å². The molecule has 3 aromatic heterocycles. The number of aromatic nitrogens is 1. The van der Waals surface area contributed by atoms with E-state index in [1.54, 1.807) is 6.92 Å². The van der Waals surface area contributed by atoms with E-state index < -0.39 is 0 Å². The average molecular weight is 458 g/mol. The second-order valence-electron chi connectivity index (χ2n) is 7.69. The van der Waals surface area contributed by atoms with Crippen LogP contribution in [0.5, 0.6) is 0 Å². The van der Waals surface area contributed by atoms with Crippen LogP contribution in [-0.4, -0.2) is 23.5 Å². The van der Waals surface area contributed by atoms with E-state index in [1.807, 2.05) is 12.1 Å². The maximum absolute atomic E-state index is 13.2. The highest BCUT2D eigenvalue weighted by Crippen LogP contribution is 2.40. The van der Waals surface area contributed by atoms with Gasteiger partial charge in [-0.2, -0.15) is 0 Å². The summed E-state index contributed by atoms with van der Waals surface area (Å²) in [6.07, 6.45) is 7.00. The van der Waals surface area contributed by atoms with E-state index in [-0.39, 0.29) is 11.9 Å². The van der Waals surface area contributed by atoms with Gasteiger partial charge in [-0.1, -0.05) is 13.3 Å². The lowest BCUT2D eigenvalue weighted by molar-refractivity contribution is 0.0526. The number of fused-ring (bicyclic) bond motifs is 2. The highest BCUT2D eigenvalue weighted by atomic mass is 32.1. The summed E-state index contributed by atoms with van der Waals surface area (Å²) in [5.74, 6) is -0.677. The number of nitrogens with two attached hydrogens (primary N) is 1. The number of carbonyl (C=O) groups excluding carboxylic acids is 2. The van der Waals surface area contributed by atoms with Crippen LogP contribution in [0, 0.1) is 0 Å². The normalized spacial score (nSPS) is 13.2. The SMILES string of the molecule is CCCCc1ccc2c(N)c(C(=O)Nc3sc4c(c3C(=O)OCC)CCCC4)sc2n1. The van der Waals surface area contributed by atoms with Crippen molar-refractivity contribution < 1.29 is 14.3 Å². The molecule has 0 bridgehead atoms. The van der Waals surface area contributed by atoms with Crippen molar-refractivity contribution in [1.29, 1.82) is 0 Å². The Hall–Kier alpha value is -2.45. The number of amides is 1. The van der Waals surface area contributed by atoms with Gasteiger partial charge in [0.05, 0.1) is 17.9 Å². The number of nitrogen functional groups attached to an aromatic ring is 1. The van der Waals surface area contributed by atoms with E-state index >= 15 is 0 Å². The molecule has 4 rings (SSSR count). The van der Waals surface area contributed by atoms with Crippen LogP contribution in [-0.2, 0) is 24.0 Å². The van der Waals surface area contributed by atoms with Gasteiger partial charge in [0.15, 0.2) is 0 Å².